The largest absolute Gasteiger partial charge is 0.507 e. The second kappa shape index (κ2) is 7.75. The van der Waals surface area contributed by atoms with Crippen molar-refractivity contribution in [2.45, 2.75) is 13.5 Å². The van der Waals surface area contributed by atoms with Crippen molar-refractivity contribution in [3.8, 4) is 5.75 Å². The number of phenolic OH excluding ortho intramolecular Hbond substituents is 1. The fraction of sp³-hybridized carbons (Fsp3) is 0.333. The lowest BCUT2D eigenvalue weighted by molar-refractivity contribution is 0.0339. The Bertz CT molecular complexity index is 726. The molecule has 0 bridgehead atoms. The molecule has 6 heteroatoms. The molecule has 0 radical (unpaired) electrons. The van der Waals surface area contributed by atoms with Crippen LogP contribution >= 0.6 is 11.6 Å². The Balaban J connectivity index is 1.79. The molecule has 0 atom stereocenters. The third-order valence-electron chi connectivity index (χ3n) is 3.97. The average Bonchev–Trinajstić information content (AvgIpc) is 2.59. The molecule has 126 valence electrons. The Morgan fingerprint density at radius 2 is 1.75 bits per heavy atom. The van der Waals surface area contributed by atoms with Crippen LogP contribution in [-0.4, -0.2) is 36.3 Å². The minimum Gasteiger partial charge on any atom is -0.507 e. The van der Waals surface area contributed by atoms with E-state index in [0.29, 0.717) is 17.3 Å². The highest BCUT2D eigenvalue weighted by Crippen LogP contribution is 2.30. The van der Waals surface area contributed by atoms with Crippen molar-refractivity contribution in [3.05, 3.63) is 52.5 Å². The van der Waals surface area contributed by atoms with Gasteiger partial charge < -0.3 is 9.84 Å². The summed E-state index contributed by atoms with van der Waals surface area (Å²) in [7, 11) is 0. The normalized spacial score (nSPS) is 15.9. The molecule has 0 saturated carbocycles. The van der Waals surface area contributed by atoms with Gasteiger partial charge in [-0.05, 0) is 48.9 Å². The zero-order valence-corrected chi connectivity index (χ0v) is 14.3. The van der Waals surface area contributed by atoms with Crippen molar-refractivity contribution in [3.63, 3.8) is 0 Å². The number of hydrogen-bond acceptors (Lipinski definition) is 5. The van der Waals surface area contributed by atoms with Gasteiger partial charge in [-0.3, -0.25) is 4.90 Å². The molecule has 1 saturated heterocycles. The van der Waals surface area contributed by atoms with E-state index in [1.54, 1.807) is 12.1 Å². The van der Waals surface area contributed by atoms with Crippen molar-refractivity contribution in [2.24, 2.45) is 10.2 Å². The minimum atomic E-state index is 0.326. The van der Waals surface area contributed by atoms with Crippen LogP contribution in [-0.2, 0) is 11.3 Å². The number of phenols is 1. The van der Waals surface area contributed by atoms with Gasteiger partial charge in [-0.25, -0.2) is 0 Å². The van der Waals surface area contributed by atoms with E-state index in [4.69, 9.17) is 16.3 Å². The summed E-state index contributed by atoms with van der Waals surface area (Å²) in [5.74, 6) is 0.326. The predicted molar refractivity (Wildman–Crippen MR) is 94.6 cm³/mol. The number of halogens is 1. The summed E-state index contributed by atoms with van der Waals surface area (Å²) in [6.07, 6.45) is 0. The summed E-state index contributed by atoms with van der Waals surface area (Å²) in [4.78, 5) is 2.26. The standard InChI is InChI=1S/C18H20ClN3O2/c1-13-10-17(21-20-16-4-2-15(19)3-5-16)11-14(18(13)23)12-22-6-8-24-9-7-22/h2-5,10-11,23H,6-9,12H2,1H3. The van der Waals surface area contributed by atoms with Crippen molar-refractivity contribution in [1.29, 1.82) is 0 Å². The van der Waals surface area contributed by atoms with Gasteiger partial charge in [-0.15, -0.1) is 0 Å². The molecule has 5 nitrogen and oxygen atoms in total. The van der Waals surface area contributed by atoms with E-state index in [1.165, 1.54) is 0 Å². The van der Waals surface area contributed by atoms with Crippen LogP contribution in [0.4, 0.5) is 11.4 Å². The number of rotatable bonds is 4. The summed E-state index contributed by atoms with van der Waals surface area (Å²) in [6.45, 7) is 5.76. The molecule has 2 aromatic carbocycles. The maximum atomic E-state index is 10.3. The average molecular weight is 346 g/mol. The van der Waals surface area contributed by atoms with Crippen LogP contribution in [0.5, 0.6) is 5.75 Å². The van der Waals surface area contributed by atoms with E-state index in [2.05, 4.69) is 15.1 Å². The zero-order chi connectivity index (χ0) is 16.9. The van der Waals surface area contributed by atoms with Crippen LogP contribution in [0.3, 0.4) is 0 Å². The van der Waals surface area contributed by atoms with E-state index in [9.17, 15) is 5.11 Å². The lowest BCUT2D eigenvalue weighted by atomic mass is 10.1. The lowest BCUT2D eigenvalue weighted by Crippen LogP contribution is -2.35. The molecule has 0 aromatic heterocycles. The number of nitrogens with zero attached hydrogens (tertiary/aromatic N) is 3. The highest BCUT2D eigenvalue weighted by atomic mass is 35.5. The van der Waals surface area contributed by atoms with Crippen molar-refractivity contribution < 1.29 is 9.84 Å². The second-order valence-corrected chi connectivity index (χ2v) is 6.27. The summed E-state index contributed by atoms with van der Waals surface area (Å²) < 4.78 is 5.36. The molecule has 0 unspecified atom stereocenters. The van der Waals surface area contributed by atoms with Gasteiger partial charge in [0.05, 0.1) is 24.6 Å². The number of ether oxygens (including phenoxy) is 1. The molecule has 24 heavy (non-hydrogen) atoms. The Kier molecular flexibility index (Phi) is 5.45. The summed E-state index contributed by atoms with van der Waals surface area (Å²) >= 11 is 5.87. The van der Waals surface area contributed by atoms with E-state index >= 15 is 0 Å². The molecule has 0 amide bonds. The maximum Gasteiger partial charge on any atom is 0.123 e. The van der Waals surface area contributed by atoms with Crippen molar-refractivity contribution >= 4 is 23.0 Å². The third kappa shape index (κ3) is 4.32. The zero-order valence-electron chi connectivity index (χ0n) is 13.6. The number of aryl methyl sites for hydroxylation is 1. The van der Waals surface area contributed by atoms with Gasteiger partial charge in [0.2, 0.25) is 0 Å². The van der Waals surface area contributed by atoms with Gasteiger partial charge in [0.15, 0.2) is 0 Å². The Hall–Kier alpha value is -1.95. The third-order valence-corrected chi connectivity index (χ3v) is 4.22. The molecule has 2 aromatic rings. The minimum absolute atomic E-state index is 0.326. The first-order valence-electron chi connectivity index (χ1n) is 7.92. The molecule has 1 heterocycles. The molecular weight excluding hydrogens is 326 g/mol. The number of morpholine rings is 1. The monoisotopic (exact) mass is 345 g/mol. The lowest BCUT2D eigenvalue weighted by Gasteiger charge is -2.27. The summed E-state index contributed by atoms with van der Waals surface area (Å²) in [5.41, 5.74) is 3.12. The van der Waals surface area contributed by atoms with E-state index in [-0.39, 0.29) is 0 Å². The molecule has 0 spiro atoms. The van der Waals surface area contributed by atoms with Crippen LogP contribution < -0.4 is 0 Å². The van der Waals surface area contributed by atoms with Gasteiger partial charge >= 0.3 is 0 Å². The fourth-order valence-electron chi connectivity index (χ4n) is 2.63. The molecule has 3 rings (SSSR count). The Labute approximate surface area is 146 Å². The van der Waals surface area contributed by atoms with Crippen LogP contribution in [0, 0.1) is 6.92 Å². The van der Waals surface area contributed by atoms with E-state index in [1.807, 2.05) is 31.2 Å². The first kappa shape index (κ1) is 16.9. The van der Waals surface area contributed by atoms with Gasteiger partial charge in [0.25, 0.3) is 0 Å². The molecule has 0 aliphatic carbocycles. The highest BCUT2D eigenvalue weighted by Gasteiger charge is 2.14. The SMILES string of the molecule is Cc1cc(N=Nc2ccc(Cl)cc2)cc(CN2CCOCC2)c1O. The number of azo groups is 1. The number of aromatic hydroxyl groups is 1. The van der Waals surface area contributed by atoms with Crippen LogP contribution in [0.25, 0.3) is 0 Å². The number of benzene rings is 2. The quantitative estimate of drug-likeness (QED) is 0.824. The van der Waals surface area contributed by atoms with Gasteiger partial charge in [-0.1, -0.05) is 11.6 Å². The Morgan fingerprint density at radius 3 is 2.46 bits per heavy atom. The van der Waals surface area contributed by atoms with Crippen LogP contribution in [0.2, 0.25) is 5.02 Å². The van der Waals surface area contributed by atoms with Crippen molar-refractivity contribution in [2.75, 3.05) is 26.3 Å². The summed E-state index contributed by atoms with van der Waals surface area (Å²) in [6, 6.07) is 10.9. The highest BCUT2D eigenvalue weighted by molar-refractivity contribution is 6.30. The van der Waals surface area contributed by atoms with E-state index in [0.717, 1.165) is 48.8 Å². The first-order valence-corrected chi connectivity index (χ1v) is 8.29. The fourth-order valence-corrected chi connectivity index (χ4v) is 2.76. The smallest absolute Gasteiger partial charge is 0.123 e. The van der Waals surface area contributed by atoms with Crippen molar-refractivity contribution in [1.82, 2.24) is 4.90 Å². The molecular formula is C18H20ClN3O2. The van der Waals surface area contributed by atoms with Crippen LogP contribution in [0.1, 0.15) is 11.1 Å². The van der Waals surface area contributed by atoms with Crippen LogP contribution in [0.15, 0.2) is 46.6 Å². The molecule has 1 aliphatic rings. The predicted octanol–water partition coefficient (Wildman–Crippen LogP) is 4.60. The van der Waals surface area contributed by atoms with Gasteiger partial charge in [0.1, 0.15) is 5.75 Å². The van der Waals surface area contributed by atoms with E-state index < -0.39 is 0 Å². The molecule has 1 fully saturated rings. The Morgan fingerprint density at radius 1 is 1.08 bits per heavy atom. The summed E-state index contributed by atoms with van der Waals surface area (Å²) in [5, 5.41) is 19.5. The second-order valence-electron chi connectivity index (χ2n) is 5.84. The van der Waals surface area contributed by atoms with Gasteiger partial charge in [0, 0.05) is 30.2 Å². The molecule has 1 aliphatic heterocycles. The molecule has 1 N–H and O–H groups in total. The number of hydrogen-bond donors (Lipinski definition) is 1. The topological polar surface area (TPSA) is 57.4 Å². The first-order chi connectivity index (χ1) is 11.6. The van der Waals surface area contributed by atoms with Gasteiger partial charge in [-0.2, -0.15) is 10.2 Å². The maximum absolute atomic E-state index is 10.3.